The third-order valence-electron chi connectivity index (χ3n) is 6.21. The second kappa shape index (κ2) is 11.9. The first-order valence-electron chi connectivity index (χ1n) is 11.3. The summed E-state index contributed by atoms with van der Waals surface area (Å²) in [5.41, 5.74) is 0. The number of urea groups is 2. The van der Waals surface area contributed by atoms with E-state index in [1.807, 2.05) is 23.5 Å². The largest absolute Gasteiger partial charge is 0.513 e. The van der Waals surface area contributed by atoms with Crippen LogP contribution in [0.3, 0.4) is 0 Å². The number of hydrogen-bond acceptors (Lipinski definition) is 6. The van der Waals surface area contributed by atoms with Crippen molar-refractivity contribution in [3.8, 4) is 0 Å². The minimum Gasteiger partial charge on any atom is -0.513 e. The number of rotatable bonds is 10. The second-order valence-electron chi connectivity index (χ2n) is 8.70. The fourth-order valence-electron chi connectivity index (χ4n) is 4.59. The zero-order valence-electron chi connectivity index (χ0n) is 18.2. The number of amides is 4. The van der Waals surface area contributed by atoms with Crippen molar-refractivity contribution < 1.29 is 24.6 Å². The number of fused-ring (bicyclic) bond motifs is 2. The minimum absolute atomic E-state index is 0.0121. The number of carboxylic acids is 1. The van der Waals surface area contributed by atoms with Gasteiger partial charge in [0.2, 0.25) is 0 Å². The normalized spacial score (nSPS) is 32.0. The van der Waals surface area contributed by atoms with Gasteiger partial charge in [-0.15, -0.1) is 0 Å². The van der Waals surface area contributed by atoms with Crippen LogP contribution >= 0.6 is 23.5 Å². The molecule has 4 aliphatic rings. The quantitative estimate of drug-likeness (QED) is 0.158. The van der Waals surface area contributed by atoms with E-state index in [2.05, 4.69) is 27.8 Å². The lowest BCUT2D eigenvalue weighted by molar-refractivity contribution is -0.137. The third-order valence-corrected chi connectivity index (χ3v) is 9.23. The molecule has 0 aromatic heterocycles. The number of carbonyl (C=O) groups is 3. The van der Waals surface area contributed by atoms with Gasteiger partial charge in [-0.05, 0) is 25.7 Å². The van der Waals surface area contributed by atoms with Gasteiger partial charge in [0.25, 0.3) is 0 Å². The summed E-state index contributed by atoms with van der Waals surface area (Å²) in [5.74, 6) is 1.50. The number of aliphatic hydroxyl groups is 1. The van der Waals surface area contributed by atoms with E-state index < -0.39 is 5.97 Å². The molecule has 4 heterocycles. The Morgan fingerprint density at radius 2 is 1.34 bits per heavy atom. The van der Waals surface area contributed by atoms with Crippen molar-refractivity contribution in [2.24, 2.45) is 0 Å². The smallest absolute Gasteiger partial charge is 0.315 e. The van der Waals surface area contributed by atoms with Gasteiger partial charge in [0.05, 0.1) is 29.9 Å². The average Bonchev–Trinajstić information content (AvgIpc) is 3.45. The number of thioether (sulfide) groups is 2. The predicted octanol–water partition coefficient (Wildman–Crippen LogP) is 2.58. The number of aliphatic carboxylic acids is 1. The lowest BCUT2D eigenvalue weighted by atomic mass is 10.0. The van der Waals surface area contributed by atoms with Gasteiger partial charge in [0, 0.05) is 34.8 Å². The van der Waals surface area contributed by atoms with Crippen LogP contribution in [0.25, 0.3) is 0 Å². The van der Waals surface area contributed by atoms with E-state index in [1.165, 1.54) is 0 Å². The molecule has 4 saturated heterocycles. The maximum atomic E-state index is 11.2. The molecule has 4 fully saturated rings. The van der Waals surface area contributed by atoms with E-state index >= 15 is 0 Å². The molecule has 6 atom stereocenters. The Bertz CT molecular complexity index is 710. The molecule has 9 nitrogen and oxygen atoms in total. The van der Waals surface area contributed by atoms with E-state index in [0.717, 1.165) is 43.6 Å². The molecule has 0 spiro atoms. The molecule has 4 amide bonds. The zero-order chi connectivity index (χ0) is 23.1. The molecule has 11 heteroatoms. The highest BCUT2D eigenvalue weighted by molar-refractivity contribution is 8.00. The lowest BCUT2D eigenvalue weighted by Crippen LogP contribution is -2.36. The van der Waals surface area contributed by atoms with Crippen LogP contribution in [0, 0.1) is 0 Å². The van der Waals surface area contributed by atoms with Crippen molar-refractivity contribution in [3.63, 3.8) is 0 Å². The molecular formula is C21H34N4O5S2. The molecule has 0 aromatic carbocycles. The van der Waals surface area contributed by atoms with Crippen LogP contribution in [0.4, 0.5) is 9.59 Å². The van der Waals surface area contributed by atoms with Crippen LogP contribution in [0.5, 0.6) is 0 Å². The summed E-state index contributed by atoms with van der Waals surface area (Å²) in [5, 5.41) is 30.1. The lowest BCUT2D eigenvalue weighted by Gasteiger charge is -2.16. The summed E-state index contributed by atoms with van der Waals surface area (Å²) in [7, 11) is 0. The van der Waals surface area contributed by atoms with Crippen LogP contribution in [0.15, 0.2) is 12.3 Å². The second-order valence-corrected chi connectivity index (χ2v) is 11.2. The Morgan fingerprint density at radius 1 is 0.812 bits per heavy atom. The average molecular weight is 487 g/mol. The molecule has 0 radical (unpaired) electrons. The Hall–Kier alpha value is -1.75. The van der Waals surface area contributed by atoms with Gasteiger partial charge in [-0.2, -0.15) is 23.5 Å². The number of aliphatic hydroxyl groups excluding tert-OH is 1. The van der Waals surface area contributed by atoms with Crippen molar-refractivity contribution in [2.45, 2.75) is 86.0 Å². The summed E-state index contributed by atoms with van der Waals surface area (Å²) in [4.78, 5) is 32.6. The van der Waals surface area contributed by atoms with Gasteiger partial charge >= 0.3 is 18.0 Å². The first-order valence-corrected chi connectivity index (χ1v) is 13.4. The Kier molecular flexibility index (Phi) is 9.27. The van der Waals surface area contributed by atoms with Crippen molar-refractivity contribution >= 4 is 41.6 Å². The van der Waals surface area contributed by atoms with Crippen molar-refractivity contribution in [3.05, 3.63) is 12.3 Å². The fourth-order valence-corrected chi connectivity index (χ4v) is 7.68. The summed E-state index contributed by atoms with van der Waals surface area (Å²) in [6.45, 7) is 3.48. The maximum absolute atomic E-state index is 11.2. The zero-order valence-corrected chi connectivity index (χ0v) is 19.8. The van der Waals surface area contributed by atoms with Crippen LogP contribution in [-0.2, 0) is 4.79 Å². The minimum atomic E-state index is -0.747. The molecule has 4 aliphatic heterocycles. The van der Waals surface area contributed by atoms with Crippen molar-refractivity contribution in [1.82, 2.24) is 21.3 Å². The van der Waals surface area contributed by atoms with E-state index in [1.54, 1.807) is 0 Å². The van der Waals surface area contributed by atoms with Gasteiger partial charge in [0.1, 0.15) is 0 Å². The Morgan fingerprint density at radius 3 is 1.84 bits per heavy atom. The third kappa shape index (κ3) is 7.13. The van der Waals surface area contributed by atoms with E-state index in [4.69, 9.17) is 10.2 Å². The summed E-state index contributed by atoms with van der Waals surface area (Å²) in [6, 6.07) is 0.971. The Labute approximate surface area is 197 Å². The van der Waals surface area contributed by atoms with E-state index in [-0.39, 0.29) is 36.3 Å². The summed E-state index contributed by atoms with van der Waals surface area (Å²) < 4.78 is 0. The number of hydrogen-bond donors (Lipinski definition) is 6. The van der Waals surface area contributed by atoms with Gasteiger partial charge in [-0.3, -0.25) is 4.79 Å². The molecule has 0 saturated carbocycles. The van der Waals surface area contributed by atoms with Crippen molar-refractivity contribution in [1.29, 1.82) is 0 Å². The van der Waals surface area contributed by atoms with Gasteiger partial charge in [-0.25, -0.2) is 9.59 Å². The summed E-state index contributed by atoms with van der Waals surface area (Å²) >= 11 is 3.77. The van der Waals surface area contributed by atoms with Crippen LogP contribution in [0.2, 0.25) is 0 Å². The molecule has 0 aromatic rings. The highest BCUT2D eigenvalue weighted by Crippen LogP contribution is 2.34. The molecule has 6 N–H and O–H groups in total. The van der Waals surface area contributed by atoms with Crippen LogP contribution < -0.4 is 21.3 Å². The Balaban J connectivity index is 0.000000182. The number of unbranched alkanes of at least 4 members (excludes halogenated alkanes) is 2. The topological polar surface area (TPSA) is 140 Å². The van der Waals surface area contributed by atoms with E-state index in [9.17, 15) is 14.4 Å². The number of allylic oxidation sites excluding steroid dienone is 1. The van der Waals surface area contributed by atoms with Gasteiger partial charge < -0.3 is 31.5 Å². The van der Waals surface area contributed by atoms with Gasteiger partial charge in [-0.1, -0.05) is 19.4 Å². The first-order chi connectivity index (χ1) is 15.3. The molecule has 180 valence electrons. The van der Waals surface area contributed by atoms with Gasteiger partial charge in [0.15, 0.2) is 0 Å². The fraction of sp³-hybridized carbons (Fsp3) is 0.762. The molecule has 32 heavy (non-hydrogen) atoms. The SMILES string of the molecule is C=C(O)CCCCCC1SCC2NC(=O)NC21.O=C(O)CCCC1SCC2NC(=O)NC21. The highest BCUT2D eigenvalue weighted by atomic mass is 32.2. The highest BCUT2D eigenvalue weighted by Gasteiger charge is 2.43. The molecule has 0 bridgehead atoms. The predicted molar refractivity (Wildman–Crippen MR) is 127 cm³/mol. The van der Waals surface area contributed by atoms with Crippen molar-refractivity contribution in [2.75, 3.05) is 11.5 Å². The molecule has 6 unspecified atom stereocenters. The van der Waals surface area contributed by atoms with Crippen LogP contribution in [-0.4, -0.2) is 74.4 Å². The first kappa shape index (κ1) is 24.9. The molecule has 4 rings (SSSR count). The number of nitrogens with one attached hydrogen (secondary N) is 4. The van der Waals surface area contributed by atoms with E-state index in [0.29, 0.717) is 35.4 Å². The maximum Gasteiger partial charge on any atom is 0.315 e. The molecule has 0 aliphatic carbocycles. The molecular weight excluding hydrogens is 452 g/mol. The summed E-state index contributed by atoms with van der Waals surface area (Å²) in [6.07, 6.45) is 6.90. The number of carboxylic acid groups (broad SMARTS) is 1. The number of carbonyl (C=O) groups excluding carboxylic acids is 2. The van der Waals surface area contributed by atoms with Crippen LogP contribution in [0.1, 0.15) is 51.4 Å². The standard InChI is InChI=1S/C12H20N2O2S.C9H14N2O3S/c1-8(15)5-3-2-4-6-10-11-9(7-17-10)13-12(16)14-11;12-7(13)3-1-2-6-8-5(4-15-6)10-9(14)11-8/h9-11,15H,1-7H2,(H2,13,14,16);5-6,8H,1-4H2,(H,12,13)(H2,10,11,14). The monoisotopic (exact) mass is 486 g/mol.